The number of piperidine rings is 1. The van der Waals surface area contributed by atoms with Crippen LogP contribution in [-0.2, 0) is 16.1 Å². The Morgan fingerprint density at radius 1 is 1.31 bits per heavy atom. The zero-order valence-corrected chi connectivity index (χ0v) is 14.9. The zero-order valence-electron chi connectivity index (χ0n) is 14.9. The molecule has 0 unspecified atom stereocenters. The first-order valence-corrected chi connectivity index (χ1v) is 8.85. The minimum Gasteiger partial charge on any atom is -0.466 e. The summed E-state index contributed by atoms with van der Waals surface area (Å²) < 4.78 is 5.15. The van der Waals surface area contributed by atoms with Crippen LogP contribution in [0, 0.1) is 5.92 Å². The number of benzene rings is 1. The van der Waals surface area contributed by atoms with Crippen LogP contribution in [0.15, 0.2) is 30.3 Å². The second-order valence-electron chi connectivity index (χ2n) is 6.25. The van der Waals surface area contributed by atoms with Crippen molar-refractivity contribution in [3.05, 3.63) is 36.2 Å². The number of aromatic nitrogens is 3. The number of ether oxygens (including phenoxy) is 1. The van der Waals surface area contributed by atoms with Crippen molar-refractivity contribution in [2.24, 2.45) is 5.92 Å². The van der Waals surface area contributed by atoms with Gasteiger partial charge in [-0.05, 0) is 38.4 Å². The molecule has 0 saturated carbocycles. The molecule has 1 saturated heterocycles. The van der Waals surface area contributed by atoms with Gasteiger partial charge in [-0.15, -0.1) is 0 Å². The SMILES string of the molecule is CCOC(=O)[C@@H]1CCCN(Cc2nc(N)nc(Nc3ccccc3)n2)C1. The predicted molar refractivity (Wildman–Crippen MR) is 98.6 cm³/mol. The van der Waals surface area contributed by atoms with Gasteiger partial charge in [-0.3, -0.25) is 9.69 Å². The molecule has 1 fully saturated rings. The summed E-state index contributed by atoms with van der Waals surface area (Å²) in [4.78, 5) is 27.0. The van der Waals surface area contributed by atoms with Gasteiger partial charge < -0.3 is 15.8 Å². The standard InChI is InChI=1S/C18H24N6O2/c1-2-26-16(25)13-7-6-10-24(11-13)12-15-21-17(19)23-18(22-15)20-14-8-4-3-5-9-14/h3-5,8-9,13H,2,6-7,10-12H2,1H3,(H3,19,20,21,22,23)/t13-/m1/s1. The van der Waals surface area contributed by atoms with Gasteiger partial charge in [0.05, 0.1) is 19.1 Å². The first-order valence-electron chi connectivity index (χ1n) is 8.85. The highest BCUT2D eigenvalue weighted by molar-refractivity contribution is 5.72. The van der Waals surface area contributed by atoms with Crippen molar-refractivity contribution in [2.45, 2.75) is 26.3 Å². The fraction of sp³-hybridized carbons (Fsp3) is 0.444. The molecule has 1 aromatic carbocycles. The van der Waals surface area contributed by atoms with Crippen molar-refractivity contribution in [1.29, 1.82) is 0 Å². The van der Waals surface area contributed by atoms with Gasteiger partial charge >= 0.3 is 5.97 Å². The normalized spacial score (nSPS) is 17.7. The Bertz CT molecular complexity index is 740. The zero-order chi connectivity index (χ0) is 18.4. The van der Waals surface area contributed by atoms with Crippen molar-refractivity contribution in [2.75, 3.05) is 30.7 Å². The molecule has 26 heavy (non-hydrogen) atoms. The summed E-state index contributed by atoms with van der Waals surface area (Å²) in [5, 5.41) is 3.13. The summed E-state index contributed by atoms with van der Waals surface area (Å²) in [5.74, 6) is 0.953. The molecular formula is C18H24N6O2. The first kappa shape index (κ1) is 18.1. The van der Waals surface area contributed by atoms with Gasteiger partial charge in [0.25, 0.3) is 0 Å². The van der Waals surface area contributed by atoms with Crippen molar-refractivity contribution < 1.29 is 9.53 Å². The molecule has 2 heterocycles. The van der Waals surface area contributed by atoms with Crippen molar-refractivity contribution >= 4 is 23.6 Å². The van der Waals surface area contributed by atoms with Crippen LogP contribution in [0.25, 0.3) is 0 Å². The van der Waals surface area contributed by atoms with Crippen molar-refractivity contribution in [3.8, 4) is 0 Å². The van der Waals surface area contributed by atoms with Gasteiger partial charge in [0.15, 0.2) is 0 Å². The summed E-state index contributed by atoms with van der Waals surface area (Å²) in [6.07, 6.45) is 1.80. The van der Waals surface area contributed by atoms with E-state index in [-0.39, 0.29) is 17.8 Å². The lowest BCUT2D eigenvalue weighted by molar-refractivity contribution is -0.150. The number of anilines is 3. The molecule has 0 bridgehead atoms. The van der Waals surface area contributed by atoms with Crippen LogP contribution >= 0.6 is 0 Å². The molecule has 0 amide bonds. The molecule has 3 N–H and O–H groups in total. The van der Waals surface area contributed by atoms with E-state index in [9.17, 15) is 4.79 Å². The van der Waals surface area contributed by atoms with E-state index < -0.39 is 0 Å². The topological polar surface area (TPSA) is 106 Å². The lowest BCUT2D eigenvalue weighted by Gasteiger charge is -2.30. The van der Waals surface area contributed by atoms with E-state index >= 15 is 0 Å². The van der Waals surface area contributed by atoms with Crippen LogP contribution in [0.3, 0.4) is 0 Å². The fourth-order valence-electron chi connectivity index (χ4n) is 3.07. The van der Waals surface area contributed by atoms with Crippen molar-refractivity contribution in [3.63, 3.8) is 0 Å². The molecule has 3 rings (SSSR count). The van der Waals surface area contributed by atoms with Gasteiger partial charge in [-0.2, -0.15) is 15.0 Å². The minimum atomic E-state index is -0.126. The van der Waals surface area contributed by atoms with E-state index in [0.717, 1.165) is 25.1 Å². The monoisotopic (exact) mass is 356 g/mol. The Kier molecular flexibility index (Phi) is 5.96. The minimum absolute atomic E-state index is 0.0928. The van der Waals surface area contributed by atoms with Crippen LogP contribution in [0.1, 0.15) is 25.6 Å². The number of nitrogen functional groups attached to an aromatic ring is 1. The Morgan fingerprint density at radius 3 is 2.88 bits per heavy atom. The van der Waals surface area contributed by atoms with Gasteiger partial charge in [0, 0.05) is 12.2 Å². The summed E-state index contributed by atoms with van der Waals surface area (Å²) >= 11 is 0. The number of likely N-dealkylation sites (tertiary alicyclic amines) is 1. The van der Waals surface area contributed by atoms with E-state index in [4.69, 9.17) is 10.5 Å². The Labute approximate surface area is 152 Å². The van der Waals surface area contributed by atoms with Crippen LogP contribution in [0.2, 0.25) is 0 Å². The van der Waals surface area contributed by atoms with Crippen LogP contribution < -0.4 is 11.1 Å². The Morgan fingerprint density at radius 2 is 2.12 bits per heavy atom. The highest BCUT2D eigenvalue weighted by atomic mass is 16.5. The van der Waals surface area contributed by atoms with Gasteiger partial charge in [0.1, 0.15) is 5.82 Å². The summed E-state index contributed by atoms with van der Waals surface area (Å²) in [6, 6.07) is 9.64. The number of nitrogens with two attached hydrogens (primary N) is 1. The highest BCUT2D eigenvalue weighted by Crippen LogP contribution is 2.20. The number of nitrogens with one attached hydrogen (secondary N) is 1. The molecule has 1 aliphatic heterocycles. The Hall–Kier alpha value is -2.74. The number of hydrogen-bond donors (Lipinski definition) is 2. The third kappa shape index (κ3) is 4.89. The van der Waals surface area contributed by atoms with Gasteiger partial charge in [0.2, 0.25) is 11.9 Å². The molecular weight excluding hydrogens is 332 g/mol. The molecule has 8 heteroatoms. The second kappa shape index (κ2) is 8.57. The van der Waals surface area contributed by atoms with E-state index in [0.29, 0.717) is 31.5 Å². The average Bonchev–Trinajstić information content (AvgIpc) is 2.62. The summed E-state index contributed by atoms with van der Waals surface area (Å²) in [7, 11) is 0. The van der Waals surface area contributed by atoms with Crippen molar-refractivity contribution in [1.82, 2.24) is 19.9 Å². The predicted octanol–water partition coefficient (Wildman–Crippen LogP) is 1.97. The van der Waals surface area contributed by atoms with Crippen LogP contribution in [0.5, 0.6) is 0 Å². The quantitative estimate of drug-likeness (QED) is 0.757. The Balaban J connectivity index is 1.66. The average molecular weight is 356 g/mol. The van der Waals surface area contributed by atoms with Crippen LogP contribution in [0.4, 0.5) is 17.6 Å². The largest absolute Gasteiger partial charge is 0.466 e. The molecule has 1 aliphatic rings. The van der Waals surface area contributed by atoms with E-state index in [1.165, 1.54) is 0 Å². The maximum Gasteiger partial charge on any atom is 0.310 e. The first-order chi connectivity index (χ1) is 12.6. The molecule has 2 aromatic rings. The molecule has 138 valence electrons. The molecule has 1 atom stereocenters. The molecule has 1 aromatic heterocycles. The third-order valence-corrected chi connectivity index (χ3v) is 4.22. The number of hydrogen-bond acceptors (Lipinski definition) is 8. The molecule has 0 radical (unpaired) electrons. The number of para-hydroxylation sites is 1. The van der Waals surface area contributed by atoms with Gasteiger partial charge in [-0.1, -0.05) is 18.2 Å². The van der Waals surface area contributed by atoms with Gasteiger partial charge in [-0.25, -0.2) is 0 Å². The number of nitrogens with zero attached hydrogens (tertiary/aromatic N) is 4. The molecule has 0 aliphatic carbocycles. The van der Waals surface area contributed by atoms with E-state index in [1.807, 2.05) is 37.3 Å². The van der Waals surface area contributed by atoms with E-state index in [2.05, 4.69) is 25.2 Å². The van der Waals surface area contributed by atoms with Crippen LogP contribution in [-0.4, -0.2) is 45.5 Å². The maximum absolute atomic E-state index is 12.0. The third-order valence-electron chi connectivity index (χ3n) is 4.22. The molecule has 8 nitrogen and oxygen atoms in total. The number of carbonyl (C=O) groups excluding carboxylic acids is 1. The number of rotatable bonds is 6. The van der Waals surface area contributed by atoms with E-state index in [1.54, 1.807) is 0 Å². The number of esters is 1. The second-order valence-corrected chi connectivity index (χ2v) is 6.25. The lowest BCUT2D eigenvalue weighted by Crippen LogP contribution is -2.39. The summed E-state index contributed by atoms with van der Waals surface area (Å²) in [5.41, 5.74) is 6.72. The maximum atomic E-state index is 12.0. The summed E-state index contributed by atoms with van der Waals surface area (Å²) in [6.45, 7) is 4.29. The lowest BCUT2D eigenvalue weighted by atomic mass is 9.98. The fourth-order valence-corrected chi connectivity index (χ4v) is 3.07. The molecule has 0 spiro atoms. The highest BCUT2D eigenvalue weighted by Gasteiger charge is 2.27. The smallest absolute Gasteiger partial charge is 0.310 e. The number of carbonyl (C=O) groups is 1.